The zero-order valence-electron chi connectivity index (χ0n) is 9.77. The van der Waals surface area contributed by atoms with E-state index in [1.54, 1.807) is 0 Å². The molecule has 2 aromatic rings. The van der Waals surface area contributed by atoms with Crippen LogP contribution in [0.3, 0.4) is 0 Å². The minimum absolute atomic E-state index is 0.138. The predicted octanol–water partition coefficient (Wildman–Crippen LogP) is 2.55. The Kier molecular flexibility index (Phi) is 4.28. The normalized spacial score (nSPS) is 11.7. The molecule has 1 N–H and O–H groups in total. The zero-order chi connectivity index (χ0) is 13.9. The van der Waals surface area contributed by atoms with Gasteiger partial charge in [0, 0.05) is 11.4 Å². The van der Waals surface area contributed by atoms with Gasteiger partial charge in [0.2, 0.25) is 10.0 Å². The van der Waals surface area contributed by atoms with Crippen molar-refractivity contribution < 1.29 is 17.2 Å². The molecule has 0 fully saturated rings. The monoisotopic (exact) mass is 303 g/mol. The van der Waals surface area contributed by atoms with Crippen molar-refractivity contribution in [3.05, 3.63) is 52.2 Å². The fourth-order valence-corrected chi connectivity index (χ4v) is 3.35. The Labute approximate surface area is 114 Å². The van der Waals surface area contributed by atoms with E-state index in [9.17, 15) is 17.2 Å². The first-order valence-corrected chi connectivity index (χ1v) is 7.82. The third kappa shape index (κ3) is 3.59. The van der Waals surface area contributed by atoms with Crippen LogP contribution in [0, 0.1) is 11.6 Å². The Bertz CT molecular complexity index is 654. The first-order chi connectivity index (χ1) is 8.99. The summed E-state index contributed by atoms with van der Waals surface area (Å²) < 4.78 is 52.2. The molecule has 1 aromatic heterocycles. The van der Waals surface area contributed by atoms with Crippen molar-refractivity contribution in [1.29, 1.82) is 0 Å². The van der Waals surface area contributed by atoms with Crippen LogP contribution in [0.15, 0.2) is 40.6 Å². The molecule has 7 heteroatoms. The van der Waals surface area contributed by atoms with Gasteiger partial charge in [0.15, 0.2) is 0 Å². The maximum absolute atomic E-state index is 13.4. The molecule has 0 amide bonds. The van der Waals surface area contributed by atoms with E-state index in [4.69, 9.17) is 0 Å². The number of nitrogens with one attached hydrogen (secondary N) is 1. The number of halogens is 2. The SMILES string of the molecule is O=S(=O)(NCCc1cccs1)c1cc(F)ccc1F. The summed E-state index contributed by atoms with van der Waals surface area (Å²) in [4.78, 5) is 0.348. The molecule has 0 saturated heterocycles. The highest BCUT2D eigenvalue weighted by atomic mass is 32.2. The largest absolute Gasteiger partial charge is 0.243 e. The van der Waals surface area contributed by atoms with Gasteiger partial charge in [0.05, 0.1) is 0 Å². The van der Waals surface area contributed by atoms with Crippen molar-refractivity contribution >= 4 is 21.4 Å². The van der Waals surface area contributed by atoms with Gasteiger partial charge in [-0.15, -0.1) is 11.3 Å². The fraction of sp³-hybridized carbons (Fsp3) is 0.167. The van der Waals surface area contributed by atoms with Gasteiger partial charge in [-0.1, -0.05) is 6.07 Å². The molecule has 0 saturated carbocycles. The molecule has 1 heterocycles. The van der Waals surface area contributed by atoms with Crippen LogP contribution in [0.25, 0.3) is 0 Å². The van der Waals surface area contributed by atoms with Gasteiger partial charge in [0.1, 0.15) is 16.5 Å². The Morgan fingerprint density at radius 2 is 2.00 bits per heavy atom. The molecule has 0 atom stereocenters. The van der Waals surface area contributed by atoms with Crippen LogP contribution >= 0.6 is 11.3 Å². The Hall–Kier alpha value is -1.31. The van der Waals surface area contributed by atoms with Gasteiger partial charge in [0.25, 0.3) is 0 Å². The topological polar surface area (TPSA) is 46.2 Å². The van der Waals surface area contributed by atoms with Crippen LogP contribution in [0.1, 0.15) is 4.88 Å². The summed E-state index contributed by atoms with van der Waals surface area (Å²) in [7, 11) is -4.03. The smallest absolute Gasteiger partial charge is 0.211 e. The lowest BCUT2D eigenvalue weighted by atomic mass is 10.3. The lowest BCUT2D eigenvalue weighted by Crippen LogP contribution is -2.26. The standard InChI is InChI=1S/C12H11F2NO2S2/c13-9-3-4-11(14)12(8-9)19(16,17)15-6-5-10-2-1-7-18-10/h1-4,7-8,15H,5-6H2. The average Bonchev–Trinajstić information content (AvgIpc) is 2.85. The molecule has 0 aliphatic carbocycles. The average molecular weight is 303 g/mol. The van der Waals surface area contributed by atoms with Crippen molar-refractivity contribution in [3.8, 4) is 0 Å². The third-order valence-electron chi connectivity index (χ3n) is 2.43. The lowest BCUT2D eigenvalue weighted by Gasteiger charge is -2.07. The summed E-state index contributed by atoms with van der Waals surface area (Å²) in [5.74, 6) is -1.76. The quantitative estimate of drug-likeness (QED) is 0.922. The second kappa shape index (κ2) is 5.77. The number of hydrogen-bond acceptors (Lipinski definition) is 3. The van der Waals surface area contributed by atoms with Crippen LogP contribution < -0.4 is 4.72 Å². The van der Waals surface area contributed by atoms with E-state index < -0.39 is 26.6 Å². The molecule has 19 heavy (non-hydrogen) atoms. The molecule has 0 aliphatic rings. The predicted molar refractivity (Wildman–Crippen MR) is 69.6 cm³/mol. The van der Waals surface area contributed by atoms with Crippen LogP contribution in [0.2, 0.25) is 0 Å². The van der Waals surface area contributed by atoms with E-state index in [2.05, 4.69) is 4.72 Å². The molecule has 0 unspecified atom stereocenters. The summed E-state index contributed by atoms with van der Waals surface area (Å²) in [6.07, 6.45) is 0.508. The van der Waals surface area contributed by atoms with E-state index in [0.717, 1.165) is 17.0 Å². The summed E-state index contributed by atoms with van der Waals surface area (Å²) in [6, 6.07) is 6.08. The number of sulfonamides is 1. The molecule has 1 aromatic carbocycles. The highest BCUT2D eigenvalue weighted by Gasteiger charge is 2.19. The summed E-state index contributed by atoms with van der Waals surface area (Å²) in [5, 5.41) is 1.88. The molecule has 0 bridgehead atoms. The van der Waals surface area contributed by atoms with Crippen LogP contribution in [-0.2, 0) is 16.4 Å². The van der Waals surface area contributed by atoms with Gasteiger partial charge in [-0.05, 0) is 36.1 Å². The summed E-state index contributed by atoms with van der Waals surface area (Å²) in [5.41, 5.74) is 0. The number of rotatable bonds is 5. The van der Waals surface area contributed by atoms with Crippen molar-refractivity contribution in [3.63, 3.8) is 0 Å². The van der Waals surface area contributed by atoms with Gasteiger partial charge >= 0.3 is 0 Å². The van der Waals surface area contributed by atoms with Crippen molar-refractivity contribution in [2.24, 2.45) is 0 Å². The van der Waals surface area contributed by atoms with Crippen molar-refractivity contribution in [1.82, 2.24) is 4.72 Å². The third-order valence-corrected chi connectivity index (χ3v) is 4.84. The van der Waals surface area contributed by atoms with E-state index in [-0.39, 0.29) is 6.54 Å². The van der Waals surface area contributed by atoms with Crippen molar-refractivity contribution in [2.45, 2.75) is 11.3 Å². The van der Waals surface area contributed by atoms with Gasteiger partial charge in [-0.3, -0.25) is 0 Å². The minimum Gasteiger partial charge on any atom is -0.211 e. The second-order valence-corrected chi connectivity index (χ2v) is 6.57. The van der Waals surface area contributed by atoms with E-state index >= 15 is 0 Å². The Morgan fingerprint density at radius 3 is 2.68 bits per heavy atom. The van der Waals surface area contributed by atoms with E-state index in [0.29, 0.717) is 12.5 Å². The fourth-order valence-electron chi connectivity index (χ4n) is 1.52. The molecule has 0 aliphatic heterocycles. The molecule has 2 rings (SSSR count). The lowest BCUT2D eigenvalue weighted by molar-refractivity contribution is 0.546. The first-order valence-electron chi connectivity index (χ1n) is 5.46. The first kappa shape index (κ1) is 14.1. The summed E-state index contributed by atoms with van der Waals surface area (Å²) >= 11 is 1.51. The van der Waals surface area contributed by atoms with Crippen LogP contribution in [0.5, 0.6) is 0 Å². The summed E-state index contributed by atoms with van der Waals surface area (Å²) in [6.45, 7) is 0.138. The second-order valence-electron chi connectivity index (χ2n) is 3.80. The van der Waals surface area contributed by atoms with Crippen LogP contribution in [0.4, 0.5) is 8.78 Å². The Morgan fingerprint density at radius 1 is 1.21 bits per heavy atom. The maximum Gasteiger partial charge on any atom is 0.243 e. The molecular weight excluding hydrogens is 292 g/mol. The Balaban J connectivity index is 2.07. The molecule has 102 valence electrons. The molecule has 0 radical (unpaired) electrons. The van der Waals surface area contributed by atoms with E-state index in [1.165, 1.54) is 11.3 Å². The number of thiophene rings is 1. The minimum atomic E-state index is -4.03. The van der Waals surface area contributed by atoms with Gasteiger partial charge in [-0.25, -0.2) is 21.9 Å². The zero-order valence-corrected chi connectivity index (χ0v) is 11.4. The van der Waals surface area contributed by atoms with Crippen molar-refractivity contribution in [2.75, 3.05) is 6.54 Å². The maximum atomic E-state index is 13.4. The van der Waals surface area contributed by atoms with Gasteiger partial charge in [-0.2, -0.15) is 0 Å². The van der Waals surface area contributed by atoms with E-state index in [1.807, 2.05) is 17.5 Å². The van der Waals surface area contributed by atoms with Gasteiger partial charge < -0.3 is 0 Å². The van der Waals surface area contributed by atoms with Crippen LogP contribution in [-0.4, -0.2) is 15.0 Å². The molecule has 3 nitrogen and oxygen atoms in total. The highest BCUT2D eigenvalue weighted by Crippen LogP contribution is 2.16. The highest BCUT2D eigenvalue weighted by molar-refractivity contribution is 7.89. The molecule has 0 spiro atoms. The number of benzene rings is 1. The number of hydrogen-bond donors (Lipinski definition) is 1. The molecular formula is C12H11F2NO2S2.